The molecule has 0 saturated heterocycles. The largest absolute Gasteiger partial charge is 0.334 e. The minimum absolute atomic E-state index is 0.0699. The summed E-state index contributed by atoms with van der Waals surface area (Å²) >= 11 is 7.47. The number of nitrogens with one attached hydrogen (secondary N) is 1. The summed E-state index contributed by atoms with van der Waals surface area (Å²) in [6.07, 6.45) is 1.90. The molecular weight excluding hydrogens is 296 g/mol. The Kier molecular flexibility index (Phi) is 4.40. The zero-order valence-electron chi connectivity index (χ0n) is 11.4. The Hall–Kier alpha value is -1.46. The van der Waals surface area contributed by atoms with Gasteiger partial charge in [-0.3, -0.25) is 9.78 Å². The van der Waals surface area contributed by atoms with E-state index in [1.54, 1.807) is 12.1 Å². The monoisotopic (exact) mass is 310 g/mol. The predicted molar refractivity (Wildman–Crippen MR) is 83.5 cm³/mol. The van der Waals surface area contributed by atoms with Crippen LogP contribution in [0, 0.1) is 0 Å². The summed E-state index contributed by atoms with van der Waals surface area (Å²) in [5.41, 5.74) is 0.105. The van der Waals surface area contributed by atoms with Crippen molar-refractivity contribution in [3.8, 4) is 5.69 Å². The van der Waals surface area contributed by atoms with Crippen LogP contribution in [0.5, 0.6) is 0 Å². The van der Waals surface area contributed by atoms with Crippen molar-refractivity contribution in [1.82, 2.24) is 9.55 Å². The predicted octanol–water partition coefficient (Wildman–Crippen LogP) is 3.02. The standard InChI is InChI=1S/C14H15ClN2O2S/c1-8(2)11-12(15)16-14(19)17(13(11)18)9-6-4-5-7-10(9)20-3/h4-8H,1-3H3,(H,16,19). The first kappa shape index (κ1) is 14.9. The topological polar surface area (TPSA) is 54.9 Å². The maximum atomic E-state index is 12.6. The molecule has 2 aromatic rings. The third-order valence-corrected chi connectivity index (χ3v) is 4.08. The maximum Gasteiger partial charge on any atom is 0.334 e. The van der Waals surface area contributed by atoms with Crippen molar-refractivity contribution in [2.24, 2.45) is 0 Å². The van der Waals surface area contributed by atoms with Crippen LogP contribution >= 0.6 is 23.4 Å². The number of rotatable bonds is 3. The molecule has 1 N–H and O–H groups in total. The van der Waals surface area contributed by atoms with E-state index in [0.717, 1.165) is 9.46 Å². The number of benzene rings is 1. The van der Waals surface area contributed by atoms with Crippen molar-refractivity contribution in [3.05, 3.63) is 55.8 Å². The van der Waals surface area contributed by atoms with Gasteiger partial charge in [0.15, 0.2) is 0 Å². The summed E-state index contributed by atoms with van der Waals surface area (Å²) in [6, 6.07) is 7.29. The van der Waals surface area contributed by atoms with Crippen LogP contribution in [0.1, 0.15) is 25.3 Å². The van der Waals surface area contributed by atoms with Gasteiger partial charge in [-0.2, -0.15) is 0 Å². The third kappa shape index (κ3) is 2.55. The van der Waals surface area contributed by atoms with Crippen LogP contribution < -0.4 is 11.2 Å². The van der Waals surface area contributed by atoms with Crippen molar-refractivity contribution in [1.29, 1.82) is 0 Å². The highest BCUT2D eigenvalue weighted by atomic mass is 35.5. The minimum Gasteiger partial charge on any atom is -0.297 e. The summed E-state index contributed by atoms with van der Waals surface area (Å²) in [5.74, 6) is -0.0699. The van der Waals surface area contributed by atoms with Crippen molar-refractivity contribution in [2.45, 2.75) is 24.7 Å². The first-order chi connectivity index (χ1) is 9.47. The van der Waals surface area contributed by atoms with Crippen LogP contribution in [0.15, 0.2) is 38.8 Å². The van der Waals surface area contributed by atoms with Crippen LogP contribution in [0.25, 0.3) is 5.69 Å². The van der Waals surface area contributed by atoms with Crippen LogP contribution in [0.4, 0.5) is 0 Å². The highest BCUT2D eigenvalue weighted by molar-refractivity contribution is 7.98. The molecule has 0 saturated carbocycles. The van der Waals surface area contributed by atoms with Crippen molar-refractivity contribution in [2.75, 3.05) is 6.26 Å². The molecule has 20 heavy (non-hydrogen) atoms. The van der Waals surface area contributed by atoms with E-state index in [4.69, 9.17) is 11.6 Å². The molecular formula is C14H15ClN2O2S. The molecule has 0 bridgehead atoms. The van der Waals surface area contributed by atoms with Crippen LogP contribution in [0.2, 0.25) is 5.15 Å². The minimum atomic E-state index is -0.522. The smallest absolute Gasteiger partial charge is 0.297 e. The van der Waals surface area contributed by atoms with E-state index in [0.29, 0.717) is 11.3 Å². The molecule has 0 fully saturated rings. The van der Waals surface area contributed by atoms with Gasteiger partial charge in [0.25, 0.3) is 5.56 Å². The van der Waals surface area contributed by atoms with E-state index in [1.807, 2.05) is 32.2 Å². The van der Waals surface area contributed by atoms with Gasteiger partial charge in [0.2, 0.25) is 0 Å². The second-order valence-corrected chi connectivity index (χ2v) is 5.85. The first-order valence-electron chi connectivity index (χ1n) is 6.15. The Labute approximate surface area is 125 Å². The van der Waals surface area contributed by atoms with Gasteiger partial charge in [-0.15, -0.1) is 11.8 Å². The summed E-state index contributed by atoms with van der Waals surface area (Å²) < 4.78 is 1.15. The fourth-order valence-electron chi connectivity index (χ4n) is 2.06. The van der Waals surface area contributed by atoms with Gasteiger partial charge in [0, 0.05) is 4.90 Å². The zero-order valence-corrected chi connectivity index (χ0v) is 13.0. The molecule has 1 heterocycles. The molecule has 0 aliphatic rings. The number of nitrogens with zero attached hydrogens (tertiary/aromatic N) is 1. The normalized spacial score (nSPS) is 11.1. The molecule has 6 heteroatoms. The number of halogens is 1. The molecule has 0 aliphatic carbocycles. The van der Waals surface area contributed by atoms with Crippen molar-refractivity contribution < 1.29 is 0 Å². The van der Waals surface area contributed by atoms with Gasteiger partial charge in [-0.1, -0.05) is 37.6 Å². The molecule has 0 amide bonds. The van der Waals surface area contributed by atoms with Crippen LogP contribution in [-0.4, -0.2) is 15.8 Å². The lowest BCUT2D eigenvalue weighted by Crippen LogP contribution is -2.36. The Balaban J connectivity index is 2.85. The van der Waals surface area contributed by atoms with Gasteiger partial charge < -0.3 is 0 Å². The lowest BCUT2D eigenvalue weighted by Gasteiger charge is -2.13. The number of aromatic nitrogens is 2. The van der Waals surface area contributed by atoms with Crippen LogP contribution in [0.3, 0.4) is 0 Å². The highest BCUT2D eigenvalue weighted by Crippen LogP contribution is 2.23. The molecule has 106 valence electrons. The zero-order chi connectivity index (χ0) is 14.9. The molecule has 0 unspecified atom stereocenters. The summed E-state index contributed by atoms with van der Waals surface area (Å²) in [7, 11) is 0. The number of para-hydroxylation sites is 1. The lowest BCUT2D eigenvalue weighted by molar-refractivity contribution is 0.772. The van der Waals surface area contributed by atoms with E-state index >= 15 is 0 Å². The van der Waals surface area contributed by atoms with Gasteiger partial charge in [0.1, 0.15) is 5.15 Å². The average Bonchev–Trinajstić information content (AvgIpc) is 2.38. The van der Waals surface area contributed by atoms with E-state index < -0.39 is 5.69 Å². The molecule has 1 aromatic heterocycles. The molecule has 1 aromatic carbocycles. The van der Waals surface area contributed by atoms with Gasteiger partial charge in [-0.25, -0.2) is 9.36 Å². The molecule has 2 rings (SSSR count). The van der Waals surface area contributed by atoms with E-state index in [-0.39, 0.29) is 16.6 Å². The number of H-pyrrole nitrogens is 1. The summed E-state index contributed by atoms with van der Waals surface area (Å²) in [5, 5.41) is 0.118. The number of thioether (sulfide) groups is 1. The maximum absolute atomic E-state index is 12.6. The average molecular weight is 311 g/mol. The highest BCUT2D eigenvalue weighted by Gasteiger charge is 2.17. The Morgan fingerprint density at radius 1 is 1.25 bits per heavy atom. The van der Waals surface area contributed by atoms with Gasteiger partial charge in [-0.05, 0) is 24.3 Å². The molecule has 0 atom stereocenters. The van der Waals surface area contributed by atoms with Gasteiger partial charge >= 0.3 is 5.69 Å². The number of aromatic amines is 1. The second-order valence-electron chi connectivity index (χ2n) is 4.62. The lowest BCUT2D eigenvalue weighted by atomic mass is 10.1. The third-order valence-electron chi connectivity index (χ3n) is 2.99. The van der Waals surface area contributed by atoms with E-state index in [9.17, 15) is 9.59 Å². The van der Waals surface area contributed by atoms with Crippen LogP contribution in [-0.2, 0) is 0 Å². The molecule has 0 spiro atoms. The van der Waals surface area contributed by atoms with E-state index in [1.165, 1.54) is 11.8 Å². The van der Waals surface area contributed by atoms with Crippen molar-refractivity contribution >= 4 is 23.4 Å². The molecule has 4 nitrogen and oxygen atoms in total. The summed E-state index contributed by atoms with van der Waals surface area (Å²) in [6.45, 7) is 3.73. The van der Waals surface area contributed by atoms with Gasteiger partial charge in [0.05, 0.1) is 11.3 Å². The Morgan fingerprint density at radius 3 is 2.50 bits per heavy atom. The first-order valence-corrected chi connectivity index (χ1v) is 7.75. The second kappa shape index (κ2) is 5.89. The fourth-order valence-corrected chi connectivity index (χ4v) is 3.02. The summed E-state index contributed by atoms with van der Waals surface area (Å²) in [4.78, 5) is 28.1. The Morgan fingerprint density at radius 2 is 1.90 bits per heavy atom. The van der Waals surface area contributed by atoms with Crippen molar-refractivity contribution in [3.63, 3.8) is 0 Å². The quantitative estimate of drug-likeness (QED) is 0.700. The number of hydrogen-bond donors (Lipinski definition) is 1. The van der Waals surface area contributed by atoms with E-state index in [2.05, 4.69) is 4.98 Å². The SMILES string of the molecule is CSc1ccccc1-n1c(=O)[nH]c(Cl)c(C(C)C)c1=O. The molecule has 0 aliphatic heterocycles. The number of hydrogen-bond acceptors (Lipinski definition) is 3. The fraction of sp³-hybridized carbons (Fsp3) is 0.286. The Bertz CT molecular complexity index is 750. The molecule has 0 radical (unpaired) electrons.